The molecule has 0 unspecified atom stereocenters. The van der Waals surface area contributed by atoms with Crippen LogP contribution in [-0.2, 0) is 4.79 Å². The Labute approximate surface area is 86.6 Å². The summed E-state index contributed by atoms with van der Waals surface area (Å²) in [5, 5.41) is 8.88. The summed E-state index contributed by atoms with van der Waals surface area (Å²) in [6.45, 7) is 0.215. The van der Waals surface area contributed by atoms with Gasteiger partial charge in [0.2, 0.25) is 0 Å². The van der Waals surface area contributed by atoms with Crippen LogP contribution in [0.3, 0.4) is 0 Å². The molecule has 0 atom stereocenters. The summed E-state index contributed by atoms with van der Waals surface area (Å²) in [6, 6.07) is 6.91. The number of ether oxygens (including phenoxy) is 1. The number of carboxylic acids is 1. The van der Waals surface area contributed by atoms with E-state index in [0.29, 0.717) is 10.8 Å². The molecule has 74 valence electrons. The first-order chi connectivity index (χ1) is 6.68. The summed E-state index contributed by atoms with van der Waals surface area (Å²) >= 11 is 5.72. The quantitative estimate of drug-likeness (QED) is 0.780. The Morgan fingerprint density at radius 1 is 1.57 bits per heavy atom. The SMILES string of the molecule is O=C(O)C=CCOc1cccc(Cl)c1. The molecule has 1 rings (SSSR count). The molecule has 0 aliphatic rings. The molecular formula is C10H9ClO3. The van der Waals surface area contributed by atoms with Crippen LogP contribution in [0.4, 0.5) is 0 Å². The molecule has 0 saturated carbocycles. The molecule has 1 aromatic carbocycles. The largest absolute Gasteiger partial charge is 0.489 e. The Kier molecular flexibility index (Phi) is 4.01. The first-order valence-corrected chi connectivity index (χ1v) is 4.34. The molecule has 4 heteroatoms. The lowest BCUT2D eigenvalue weighted by atomic mass is 10.3. The number of hydrogen-bond donors (Lipinski definition) is 1. The van der Waals surface area contributed by atoms with Crippen LogP contribution in [0, 0.1) is 0 Å². The van der Waals surface area contributed by atoms with E-state index in [1.54, 1.807) is 24.3 Å². The highest BCUT2D eigenvalue weighted by Crippen LogP contribution is 2.16. The van der Waals surface area contributed by atoms with E-state index in [9.17, 15) is 4.79 Å². The minimum absolute atomic E-state index is 0.215. The van der Waals surface area contributed by atoms with Crippen molar-refractivity contribution in [3.63, 3.8) is 0 Å². The van der Waals surface area contributed by atoms with Gasteiger partial charge in [-0.05, 0) is 24.3 Å². The maximum Gasteiger partial charge on any atom is 0.328 e. The molecule has 1 aromatic rings. The zero-order valence-electron chi connectivity index (χ0n) is 7.31. The third kappa shape index (κ3) is 3.96. The minimum Gasteiger partial charge on any atom is -0.489 e. The van der Waals surface area contributed by atoms with Gasteiger partial charge in [-0.3, -0.25) is 0 Å². The number of aliphatic carboxylic acids is 1. The van der Waals surface area contributed by atoms with Gasteiger partial charge >= 0.3 is 5.97 Å². The average molecular weight is 213 g/mol. The number of carbonyl (C=O) groups is 1. The number of carboxylic acid groups (broad SMARTS) is 1. The van der Waals surface area contributed by atoms with E-state index in [0.717, 1.165) is 6.08 Å². The van der Waals surface area contributed by atoms with Crippen molar-refractivity contribution in [1.82, 2.24) is 0 Å². The van der Waals surface area contributed by atoms with Crippen molar-refractivity contribution in [1.29, 1.82) is 0 Å². The molecule has 0 heterocycles. The molecule has 0 aliphatic carbocycles. The van der Waals surface area contributed by atoms with Crippen molar-refractivity contribution in [2.45, 2.75) is 0 Å². The van der Waals surface area contributed by atoms with Crippen LogP contribution in [0.25, 0.3) is 0 Å². The third-order valence-corrected chi connectivity index (χ3v) is 1.64. The fraction of sp³-hybridized carbons (Fsp3) is 0.100. The van der Waals surface area contributed by atoms with Crippen LogP contribution in [-0.4, -0.2) is 17.7 Å². The van der Waals surface area contributed by atoms with Gasteiger partial charge in [0.25, 0.3) is 0 Å². The van der Waals surface area contributed by atoms with Crippen LogP contribution in [0.2, 0.25) is 5.02 Å². The molecular weight excluding hydrogens is 204 g/mol. The van der Waals surface area contributed by atoms with Crippen molar-refractivity contribution in [2.75, 3.05) is 6.61 Å². The van der Waals surface area contributed by atoms with E-state index in [1.165, 1.54) is 6.08 Å². The molecule has 0 saturated heterocycles. The van der Waals surface area contributed by atoms with Gasteiger partial charge in [0, 0.05) is 11.1 Å². The van der Waals surface area contributed by atoms with Crippen molar-refractivity contribution in [3.8, 4) is 5.75 Å². The van der Waals surface area contributed by atoms with Gasteiger partial charge in [0.15, 0.2) is 0 Å². The van der Waals surface area contributed by atoms with E-state index >= 15 is 0 Å². The van der Waals surface area contributed by atoms with Crippen LogP contribution in [0.15, 0.2) is 36.4 Å². The average Bonchev–Trinajstić information content (AvgIpc) is 2.12. The predicted octanol–water partition coefficient (Wildman–Crippen LogP) is 2.36. The van der Waals surface area contributed by atoms with Crippen LogP contribution >= 0.6 is 11.6 Å². The highest BCUT2D eigenvalue weighted by Gasteiger charge is 1.92. The molecule has 0 spiro atoms. The number of rotatable bonds is 4. The Bertz CT molecular complexity index is 347. The van der Waals surface area contributed by atoms with E-state index in [-0.39, 0.29) is 6.61 Å². The zero-order chi connectivity index (χ0) is 10.4. The molecule has 3 nitrogen and oxygen atoms in total. The van der Waals surface area contributed by atoms with Crippen LogP contribution < -0.4 is 4.74 Å². The lowest BCUT2D eigenvalue weighted by molar-refractivity contribution is -0.131. The van der Waals surface area contributed by atoms with Gasteiger partial charge in [0.05, 0.1) is 0 Å². The second kappa shape index (κ2) is 5.29. The van der Waals surface area contributed by atoms with Gasteiger partial charge in [-0.15, -0.1) is 0 Å². The van der Waals surface area contributed by atoms with Crippen LogP contribution in [0.1, 0.15) is 0 Å². The summed E-state index contributed by atoms with van der Waals surface area (Å²) < 4.78 is 5.20. The standard InChI is InChI=1S/C10H9ClO3/c11-8-3-1-4-9(7-8)14-6-2-5-10(12)13/h1-5,7H,6H2,(H,12,13). The lowest BCUT2D eigenvalue weighted by Gasteiger charge is -2.02. The first kappa shape index (κ1) is 10.6. The summed E-state index contributed by atoms with van der Waals surface area (Å²) in [5.41, 5.74) is 0. The second-order valence-electron chi connectivity index (χ2n) is 2.51. The van der Waals surface area contributed by atoms with Crippen molar-refractivity contribution < 1.29 is 14.6 Å². The predicted molar refractivity (Wildman–Crippen MR) is 53.7 cm³/mol. The topological polar surface area (TPSA) is 46.5 Å². The van der Waals surface area contributed by atoms with Crippen molar-refractivity contribution in [2.24, 2.45) is 0 Å². The Hall–Kier alpha value is -1.48. The summed E-state index contributed by atoms with van der Waals surface area (Å²) in [7, 11) is 0. The molecule has 0 radical (unpaired) electrons. The fourth-order valence-electron chi connectivity index (χ4n) is 0.850. The molecule has 0 bridgehead atoms. The monoisotopic (exact) mass is 212 g/mol. The number of hydrogen-bond acceptors (Lipinski definition) is 2. The lowest BCUT2D eigenvalue weighted by Crippen LogP contribution is -1.95. The van der Waals surface area contributed by atoms with E-state index in [4.69, 9.17) is 21.4 Å². The van der Waals surface area contributed by atoms with Gasteiger partial charge in [0.1, 0.15) is 12.4 Å². The minimum atomic E-state index is -0.986. The van der Waals surface area contributed by atoms with Gasteiger partial charge in [-0.25, -0.2) is 4.79 Å². The zero-order valence-corrected chi connectivity index (χ0v) is 8.07. The fourth-order valence-corrected chi connectivity index (χ4v) is 1.03. The summed E-state index contributed by atoms with van der Waals surface area (Å²) in [6.07, 6.45) is 2.45. The third-order valence-electron chi connectivity index (χ3n) is 1.40. The van der Waals surface area contributed by atoms with E-state index in [1.807, 2.05) is 0 Å². The number of benzene rings is 1. The first-order valence-electron chi connectivity index (χ1n) is 3.96. The summed E-state index contributed by atoms with van der Waals surface area (Å²) in [5.74, 6) is -0.368. The molecule has 0 fully saturated rings. The molecule has 14 heavy (non-hydrogen) atoms. The number of halogens is 1. The van der Waals surface area contributed by atoms with E-state index < -0.39 is 5.97 Å². The summed E-state index contributed by atoms with van der Waals surface area (Å²) in [4.78, 5) is 10.1. The highest BCUT2D eigenvalue weighted by atomic mass is 35.5. The maximum atomic E-state index is 10.1. The Morgan fingerprint density at radius 3 is 3.00 bits per heavy atom. The van der Waals surface area contributed by atoms with Gasteiger partial charge in [-0.1, -0.05) is 17.7 Å². The maximum absolute atomic E-state index is 10.1. The smallest absolute Gasteiger partial charge is 0.328 e. The van der Waals surface area contributed by atoms with Gasteiger partial charge < -0.3 is 9.84 Å². The normalized spacial score (nSPS) is 10.4. The van der Waals surface area contributed by atoms with Crippen molar-refractivity contribution >= 4 is 17.6 Å². The second-order valence-corrected chi connectivity index (χ2v) is 2.95. The Morgan fingerprint density at radius 2 is 2.36 bits per heavy atom. The molecule has 0 aliphatic heterocycles. The van der Waals surface area contributed by atoms with Crippen LogP contribution in [0.5, 0.6) is 5.75 Å². The Balaban J connectivity index is 2.42. The van der Waals surface area contributed by atoms with E-state index in [2.05, 4.69) is 0 Å². The van der Waals surface area contributed by atoms with Crippen molar-refractivity contribution in [3.05, 3.63) is 41.4 Å². The van der Waals surface area contributed by atoms with Gasteiger partial charge in [-0.2, -0.15) is 0 Å². The molecule has 1 N–H and O–H groups in total. The highest BCUT2D eigenvalue weighted by molar-refractivity contribution is 6.30. The molecule has 0 aromatic heterocycles. The molecule has 0 amide bonds.